The van der Waals surface area contributed by atoms with Crippen molar-refractivity contribution in [2.24, 2.45) is 5.41 Å². The average molecular weight is 523 g/mol. The lowest BCUT2D eigenvalue weighted by Gasteiger charge is -2.43. The summed E-state index contributed by atoms with van der Waals surface area (Å²) in [5.41, 5.74) is 1.71. The minimum Gasteiger partial charge on any atom is -0.493 e. The molecule has 37 heavy (non-hydrogen) atoms. The fraction of sp³-hybridized carbons (Fsp3) is 0.414. The van der Waals surface area contributed by atoms with E-state index in [1.54, 1.807) is 23.2 Å². The molecule has 1 fully saturated rings. The number of ether oxygens (including phenoxy) is 1. The third-order valence-electron chi connectivity index (χ3n) is 6.98. The molecular weight excluding hydrogens is 488 g/mol. The van der Waals surface area contributed by atoms with Crippen molar-refractivity contribution in [2.45, 2.75) is 45.1 Å². The van der Waals surface area contributed by atoms with Crippen molar-refractivity contribution in [3.05, 3.63) is 83.1 Å². The molecule has 8 heteroatoms. The van der Waals surface area contributed by atoms with E-state index >= 15 is 0 Å². The number of carbonyl (C=O) groups excluding carboxylic acids is 2. The molecule has 1 aliphatic rings. The molecule has 2 amide bonds. The molecule has 1 saturated heterocycles. The summed E-state index contributed by atoms with van der Waals surface area (Å²) in [5, 5.41) is 7.38. The largest absolute Gasteiger partial charge is 0.493 e. The lowest BCUT2D eigenvalue weighted by molar-refractivity contribution is -0.141. The van der Waals surface area contributed by atoms with Crippen LogP contribution in [0.25, 0.3) is 0 Å². The van der Waals surface area contributed by atoms with E-state index in [9.17, 15) is 9.59 Å². The van der Waals surface area contributed by atoms with Gasteiger partial charge < -0.3 is 14.5 Å². The number of hydrogen-bond donors (Lipinski definition) is 1. The van der Waals surface area contributed by atoms with E-state index in [-0.39, 0.29) is 11.8 Å². The van der Waals surface area contributed by atoms with Gasteiger partial charge in [0.2, 0.25) is 11.8 Å². The number of aromatic amines is 1. The Hall–Kier alpha value is -3.32. The average Bonchev–Trinajstić information content (AvgIpc) is 3.42. The number of aryl methyl sites for hydroxylation is 1. The number of piperidine rings is 1. The van der Waals surface area contributed by atoms with E-state index in [0.29, 0.717) is 49.9 Å². The zero-order valence-corrected chi connectivity index (χ0v) is 22.1. The minimum absolute atomic E-state index is 0.0489. The number of nitrogens with one attached hydrogen (secondary N) is 1. The van der Waals surface area contributed by atoms with Crippen LogP contribution < -0.4 is 4.74 Å². The van der Waals surface area contributed by atoms with Crippen molar-refractivity contribution in [3.8, 4) is 5.75 Å². The number of hydrogen-bond acceptors (Lipinski definition) is 4. The van der Waals surface area contributed by atoms with Crippen LogP contribution in [0.5, 0.6) is 5.75 Å². The van der Waals surface area contributed by atoms with Gasteiger partial charge >= 0.3 is 0 Å². The fourth-order valence-electron chi connectivity index (χ4n) is 4.94. The van der Waals surface area contributed by atoms with Gasteiger partial charge in [-0.3, -0.25) is 14.7 Å². The van der Waals surface area contributed by atoms with E-state index in [1.807, 2.05) is 60.6 Å². The van der Waals surface area contributed by atoms with E-state index in [0.717, 1.165) is 36.8 Å². The highest BCUT2D eigenvalue weighted by Crippen LogP contribution is 2.36. The summed E-state index contributed by atoms with van der Waals surface area (Å²) < 4.78 is 6.18. The molecule has 1 aromatic heterocycles. The number of rotatable bonds is 11. The van der Waals surface area contributed by atoms with Crippen LogP contribution in [0.4, 0.5) is 0 Å². The van der Waals surface area contributed by atoms with Crippen LogP contribution >= 0.6 is 11.6 Å². The lowest BCUT2D eigenvalue weighted by Crippen LogP contribution is -2.50. The number of amides is 2. The van der Waals surface area contributed by atoms with Gasteiger partial charge in [0.15, 0.2) is 0 Å². The first-order chi connectivity index (χ1) is 17.9. The molecule has 0 unspecified atom stereocenters. The first-order valence-electron chi connectivity index (χ1n) is 12.8. The SMILES string of the molecule is CN(Cc1ccccc1)C(=O)C[C@@]1(COc2cccc(Cl)c2)CCCN(C(=O)CCCc2cn[nH]c2)C1. The number of halogens is 1. The summed E-state index contributed by atoms with van der Waals surface area (Å²) in [4.78, 5) is 30.2. The first-order valence-corrected chi connectivity index (χ1v) is 13.2. The van der Waals surface area contributed by atoms with Gasteiger partial charge in [0.25, 0.3) is 0 Å². The second-order valence-electron chi connectivity index (χ2n) is 10.0. The van der Waals surface area contributed by atoms with Crippen LogP contribution in [-0.4, -0.2) is 58.6 Å². The van der Waals surface area contributed by atoms with E-state index in [4.69, 9.17) is 16.3 Å². The van der Waals surface area contributed by atoms with Gasteiger partial charge in [0.05, 0.1) is 12.8 Å². The second-order valence-corrected chi connectivity index (χ2v) is 10.5. The number of likely N-dealkylation sites (tertiary alicyclic amines) is 1. The van der Waals surface area contributed by atoms with Crippen LogP contribution in [0.15, 0.2) is 67.0 Å². The fourth-order valence-corrected chi connectivity index (χ4v) is 5.12. The maximum atomic E-state index is 13.4. The minimum atomic E-state index is -0.469. The van der Waals surface area contributed by atoms with Crippen molar-refractivity contribution >= 4 is 23.4 Å². The standard InChI is InChI=1S/C29H35ClN4O3/c1-33(20-23-8-3-2-4-9-23)28(36)17-29(22-37-26-12-6-11-25(30)16-26)14-7-15-34(21-29)27(35)13-5-10-24-18-31-32-19-24/h2-4,6,8-9,11-12,16,18-19H,5,7,10,13-15,17,20-22H2,1H3,(H,31,32)/t29-/m0/s1. The van der Waals surface area contributed by atoms with Gasteiger partial charge in [-0.25, -0.2) is 0 Å². The number of H-pyrrole nitrogens is 1. The number of aromatic nitrogens is 2. The summed E-state index contributed by atoms with van der Waals surface area (Å²) in [7, 11) is 1.84. The molecular formula is C29H35ClN4O3. The second kappa shape index (κ2) is 12.8. The number of benzene rings is 2. The molecule has 4 rings (SSSR count). The van der Waals surface area contributed by atoms with Gasteiger partial charge in [0.1, 0.15) is 5.75 Å². The van der Waals surface area contributed by atoms with Crippen LogP contribution in [0.3, 0.4) is 0 Å². The molecule has 196 valence electrons. The third kappa shape index (κ3) is 7.83. The van der Waals surface area contributed by atoms with Gasteiger partial charge in [0, 0.05) is 56.2 Å². The molecule has 0 aliphatic carbocycles. The molecule has 0 radical (unpaired) electrons. The van der Waals surface area contributed by atoms with Crippen LogP contribution in [-0.2, 0) is 22.6 Å². The molecule has 7 nitrogen and oxygen atoms in total. The van der Waals surface area contributed by atoms with E-state index < -0.39 is 5.41 Å². The molecule has 0 saturated carbocycles. The molecule has 2 aromatic carbocycles. The third-order valence-corrected chi connectivity index (χ3v) is 7.22. The Morgan fingerprint density at radius 1 is 1.16 bits per heavy atom. The highest BCUT2D eigenvalue weighted by Gasteiger charge is 2.40. The predicted octanol–water partition coefficient (Wildman–Crippen LogP) is 5.12. The Morgan fingerprint density at radius 3 is 2.76 bits per heavy atom. The predicted molar refractivity (Wildman–Crippen MR) is 144 cm³/mol. The highest BCUT2D eigenvalue weighted by atomic mass is 35.5. The van der Waals surface area contributed by atoms with Crippen molar-refractivity contribution in [3.63, 3.8) is 0 Å². The van der Waals surface area contributed by atoms with Crippen molar-refractivity contribution in [2.75, 3.05) is 26.7 Å². The van der Waals surface area contributed by atoms with Crippen LogP contribution in [0.1, 0.15) is 43.2 Å². The summed E-state index contributed by atoms with van der Waals surface area (Å²) in [6.45, 7) is 2.10. The lowest BCUT2D eigenvalue weighted by atomic mass is 9.77. The Balaban J connectivity index is 1.43. The molecule has 1 N–H and O–H groups in total. The first kappa shape index (κ1) is 26.7. The van der Waals surface area contributed by atoms with Crippen LogP contribution in [0.2, 0.25) is 5.02 Å². The molecule has 1 aliphatic heterocycles. The monoisotopic (exact) mass is 522 g/mol. The van der Waals surface area contributed by atoms with E-state index in [1.165, 1.54) is 0 Å². The summed E-state index contributed by atoms with van der Waals surface area (Å²) >= 11 is 6.15. The summed E-state index contributed by atoms with van der Waals surface area (Å²) in [6.07, 6.45) is 7.66. The van der Waals surface area contributed by atoms with Gasteiger partial charge in [-0.1, -0.05) is 48.0 Å². The topological polar surface area (TPSA) is 78.5 Å². The quantitative estimate of drug-likeness (QED) is 0.379. The van der Waals surface area contributed by atoms with Crippen LogP contribution in [0, 0.1) is 5.41 Å². The van der Waals surface area contributed by atoms with Crippen molar-refractivity contribution in [1.29, 1.82) is 0 Å². The Morgan fingerprint density at radius 2 is 2.00 bits per heavy atom. The molecule has 0 spiro atoms. The van der Waals surface area contributed by atoms with Gasteiger partial charge in [-0.2, -0.15) is 5.10 Å². The highest BCUT2D eigenvalue weighted by molar-refractivity contribution is 6.30. The van der Waals surface area contributed by atoms with E-state index in [2.05, 4.69) is 10.2 Å². The van der Waals surface area contributed by atoms with Crippen molar-refractivity contribution in [1.82, 2.24) is 20.0 Å². The Kier molecular flexibility index (Phi) is 9.23. The van der Waals surface area contributed by atoms with Gasteiger partial charge in [-0.15, -0.1) is 0 Å². The zero-order valence-electron chi connectivity index (χ0n) is 21.4. The molecule has 2 heterocycles. The maximum Gasteiger partial charge on any atom is 0.223 e. The Labute approximate surface area is 223 Å². The molecule has 3 aromatic rings. The molecule has 1 atom stereocenters. The number of carbonyl (C=O) groups is 2. The zero-order chi connectivity index (χ0) is 26.1. The summed E-state index contributed by atoms with van der Waals surface area (Å²) in [6, 6.07) is 17.3. The maximum absolute atomic E-state index is 13.4. The number of nitrogens with zero attached hydrogens (tertiary/aromatic N) is 3. The smallest absolute Gasteiger partial charge is 0.223 e. The molecule has 0 bridgehead atoms. The summed E-state index contributed by atoms with van der Waals surface area (Å²) in [5.74, 6) is 0.841. The Bertz CT molecular complexity index is 1150. The van der Waals surface area contributed by atoms with Crippen molar-refractivity contribution < 1.29 is 14.3 Å². The normalized spacial score (nSPS) is 17.4. The van der Waals surface area contributed by atoms with Gasteiger partial charge in [-0.05, 0) is 55.0 Å².